The normalized spacial score (nSPS) is 17.0. The van der Waals surface area contributed by atoms with E-state index in [1.807, 2.05) is 13.0 Å². The maximum absolute atomic E-state index is 12.6. The molecule has 0 spiro atoms. The van der Waals surface area contributed by atoms with Crippen LogP contribution in [0.1, 0.15) is 18.5 Å². The molecule has 0 amide bonds. The van der Waals surface area contributed by atoms with E-state index in [1.165, 1.54) is 18.4 Å². The highest BCUT2D eigenvalue weighted by Gasteiger charge is 2.36. The number of anilines is 1. The second-order valence-corrected chi connectivity index (χ2v) is 9.54. The van der Waals surface area contributed by atoms with E-state index in [1.54, 1.807) is 6.07 Å². The molecule has 0 atom stereocenters. The molecule has 28 heavy (non-hydrogen) atoms. The number of aryl methyl sites for hydroxylation is 1. The molecule has 0 bridgehead atoms. The lowest BCUT2D eigenvalue weighted by molar-refractivity contribution is -0.0497. The third-order valence-corrected chi connectivity index (χ3v) is 6.05. The number of pyridine rings is 1. The molecule has 1 aromatic heterocycles. The molecule has 0 unspecified atom stereocenters. The van der Waals surface area contributed by atoms with Gasteiger partial charge in [0.25, 0.3) is 0 Å². The summed E-state index contributed by atoms with van der Waals surface area (Å²) >= 11 is 0. The largest absolute Gasteiger partial charge is 0.435 e. The van der Waals surface area contributed by atoms with Crippen molar-refractivity contribution in [3.05, 3.63) is 30.0 Å². The third-order valence-electron chi connectivity index (χ3n) is 4.91. The summed E-state index contributed by atoms with van der Waals surface area (Å²) in [7, 11) is -3.17. The van der Waals surface area contributed by atoms with Crippen LogP contribution in [0.5, 0.6) is 5.75 Å². The quantitative estimate of drug-likeness (QED) is 0.748. The molecule has 2 aromatic rings. The van der Waals surface area contributed by atoms with Gasteiger partial charge in [0.1, 0.15) is 15.6 Å². The monoisotopic (exact) mass is 414 g/mol. The molecule has 1 saturated heterocycles. The standard InChI is InChI=1S/C19H24F2N2O4S/c1-13-9-17(15-10-14(27-18(20)21)3-4-16(15)23-13)22-11-19(12-28(2,24)25)5-7-26-8-6-19/h3-4,9-10,18H,5-8,11-12H2,1-2H3,(H,22,23). The smallest absolute Gasteiger partial charge is 0.387 e. The lowest BCUT2D eigenvalue weighted by Gasteiger charge is -2.37. The zero-order valence-corrected chi connectivity index (χ0v) is 16.7. The fourth-order valence-corrected chi connectivity index (χ4v) is 5.18. The highest BCUT2D eigenvalue weighted by Crippen LogP contribution is 2.34. The molecule has 1 aromatic carbocycles. The lowest BCUT2D eigenvalue weighted by Crippen LogP contribution is -2.41. The number of hydrogen-bond acceptors (Lipinski definition) is 6. The van der Waals surface area contributed by atoms with Crippen molar-refractivity contribution in [1.29, 1.82) is 0 Å². The Balaban J connectivity index is 1.91. The average molecular weight is 414 g/mol. The highest BCUT2D eigenvalue weighted by molar-refractivity contribution is 7.90. The molecule has 0 aliphatic carbocycles. The van der Waals surface area contributed by atoms with Gasteiger partial charge in [0.15, 0.2) is 0 Å². The Bertz CT molecular complexity index is 944. The highest BCUT2D eigenvalue weighted by atomic mass is 32.2. The topological polar surface area (TPSA) is 77.5 Å². The molecule has 2 heterocycles. The average Bonchev–Trinajstić information content (AvgIpc) is 2.59. The van der Waals surface area contributed by atoms with E-state index in [-0.39, 0.29) is 11.5 Å². The molecule has 0 radical (unpaired) electrons. The van der Waals surface area contributed by atoms with Gasteiger partial charge >= 0.3 is 6.61 Å². The van der Waals surface area contributed by atoms with Crippen LogP contribution >= 0.6 is 0 Å². The van der Waals surface area contributed by atoms with Crippen LogP contribution in [0.25, 0.3) is 10.9 Å². The number of nitrogens with zero attached hydrogens (tertiary/aromatic N) is 1. The van der Waals surface area contributed by atoms with Crippen LogP contribution in [0, 0.1) is 12.3 Å². The summed E-state index contributed by atoms with van der Waals surface area (Å²) in [6.45, 7) is 0.392. The summed E-state index contributed by atoms with van der Waals surface area (Å²) in [6.07, 6.45) is 2.51. The Morgan fingerprint density at radius 3 is 2.64 bits per heavy atom. The van der Waals surface area contributed by atoms with E-state index in [4.69, 9.17) is 4.74 Å². The van der Waals surface area contributed by atoms with Crippen molar-refractivity contribution in [3.8, 4) is 5.75 Å². The number of benzene rings is 1. The number of fused-ring (bicyclic) bond motifs is 1. The summed E-state index contributed by atoms with van der Waals surface area (Å²) < 4.78 is 59.0. The van der Waals surface area contributed by atoms with Gasteiger partial charge in [-0.05, 0) is 44.0 Å². The van der Waals surface area contributed by atoms with Crippen LogP contribution in [0.2, 0.25) is 0 Å². The van der Waals surface area contributed by atoms with Gasteiger partial charge in [0.05, 0.1) is 11.3 Å². The van der Waals surface area contributed by atoms with Crippen LogP contribution in [0.15, 0.2) is 24.3 Å². The number of ether oxygens (including phenoxy) is 2. The maximum Gasteiger partial charge on any atom is 0.387 e. The Morgan fingerprint density at radius 2 is 2.00 bits per heavy atom. The fraction of sp³-hybridized carbons (Fsp3) is 0.526. The van der Waals surface area contributed by atoms with E-state index >= 15 is 0 Å². The van der Waals surface area contributed by atoms with Crippen molar-refractivity contribution >= 4 is 26.4 Å². The number of rotatable bonds is 7. The second kappa shape index (κ2) is 8.16. The summed E-state index contributed by atoms with van der Waals surface area (Å²) in [4.78, 5) is 4.43. The van der Waals surface area contributed by atoms with Gasteiger partial charge in [-0.15, -0.1) is 0 Å². The van der Waals surface area contributed by atoms with E-state index in [2.05, 4.69) is 15.0 Å². The second-order valence-electron chi connectivity index (χ2n) is 7.40. The Kier molecular flexibility index (Phi) is 6.04. The first kappa shape index (κ1) is 20.7. The van der Waals surface area contributed by atoms with Crippen molar-refractivity contribution in [1.82, 2.24) is 4.98 Å². The zero-order valence-electron chi connectivity index (χ0n) is 15.9. The van der Waals surface area contributed by atoms with Crippen LogP contribution in [0.3, 0.4) is 0 Å². The molecular weight excluding hydrogens is 390 g/mol. The number of aromatic nitrogens is 1. The van der Waals surface area contributed by atoms with Crippen molar-refractivity contribution < 1.29 is 26.7 Å². The van der Waals surface area contributed by atoms with Crippen LogP contribution in [0.4, 0.5) is 14.5 Å². The van der Waals surface area contributed by atoms with Crippen LogP contribution in [-0.2, 0) is 14.6 Å². The maximum atomic E-state index is 12.6. The summed E-state index contributed by atoms with van der Waals surface area (Å²) in [5.74, 6) is 0.117. The van der Waals surface area contributed by atoms with Gasteiger partial charge in [0.2, 0.25) is 0 Å². The molecule has 1 aliphatic rings. The van der Waals surface area contributed by atoms with Gasteiger partial charge in [-0.25, -0.2) is 8.42 Å². The minimum atomic E-state index is -3.17. The SMILES string of the molecule is Cc1cc(NCC2(CS(C)(=O)=O)CCOCC2)c2cc(OC(F)F)ccc2n1. The Labute approximate surface area is 163 Å². The molecule has 1 N–H and O–H groups in total. The lowest BCUT2D eigenvalue weighted by atomic mass is 9.82. The van der Waals surface area contributed by atoms with E-state index in [9.17, 15) is 17.2 Å². The minimum absolute atomic E-state index is 0.0492. The molecule has 1 aliphatic heterocycles. The first-order chi connectivity index (χ1) is 13.2. The van der Waals surface area contributed by atoms with Gasteiger partial charge in [-0.2, -0.15) is 8.78 Å². The van der Waals surface area contributed by atoms with Gasteiger partial charge in [0, 0.05) is 48.2 Å². The number of sulfone groups is 1. The van der Waals surface area contributed by atoms with Gasteiger partial charge in [-0.1, -0.05) is 0 Å². The summed E-state index contributed by atoms with van der Waals surface area (Å²) in [5.41, 5.74) is 1.68. The molecule has 1 fully saturated rings. The van der Waals surface area contributed by atoms with Crippen LogP contribution in [-0.4, -0.2) is 51.8 Å². The molecule has 3 rings (SSSR count). The molecular formula is C19H24F2N2O4S. The molecule has 9 heteroatoms. The fourth-order valence-electron chi connectivity index (χ4n) is 3.68. The number of halogens is 2. The van der Waals surface area contributed by atoms with Crippen LogP contribution < -0.4 is 10.1 Å². The molecule has 6 nitrogen and oxygen atoms in total. The van der Waals surface area contributed by atoms with E-state index in [0.717, 1.165) is 5.69 Å². The van der Waals surface area contributed by atoms with Crippen molar-refractivity contribution in [2.45, 2.75) is 26.4 Å². The summed E-state index contributed by atoms with van der Waals surface area (Å²) in [6, 6.07) is 6.42. The number of hydrogen-bond donors (Lipinski definition) is 1. The Morgan fingerprint density at radius 1 is 1.29 bits per heavy atom. The zero-order chi connectivity index (χ0) is 20.4. The summed E-state index contributed by atoms with van der Waals surface area (Å²) in [5, 5.41) is 3.98. The van der Waals surface area contributed by atoms with Crippen molar-refractivity contribution in [2.24, 2.45) is 5.41 Å². The first-order valence-corrected chi connectivity index (χ1v) is 11.1. The Hall–Kier alpha value is -2.00. The van der Waals surface area contributed by atoms with Crippen molar-refractivity contribution in [3.63, 3.8) is 0 Å². The van der Waals surface area contributed by atoms with Gasteiger partial charge in [-0.3, -0.25) is 4.98 Å². The third kappa shape index (κ3) is 5.29. The first-order valence-electron chi connectivity index (χ1n) is 9.01. The van der Waals surface area contributed by atoms with Gasteiger partial charge < -0.3 is 14.8 Å². The minimum Gasteiger partial charge on any atom is -0.435 e. The molecule has 0 saturated carbocycles. The predicted octanol–water partition coefficient (Wildman–Crippen LogP) is 3.40. The van der Waals surface area contributed by atoms with E-state index in [0.29, 0.717) is 49.2 Å². The van der Waals surface area contributed by atoms with E-state index < -0.39 is 21.9 Å². The number of alkyl halides is 2. The predicted molar refractivity (Wildman–Crippen MR) is 104 cm³/mol. The van der Waals surface area contributed by atoms with Crippen molar-refractivity contribution in [2.75, 3.05) is 37.1 Å². The number of nitrogens with one attached hydrogen (secondary N) is 1. The molecule has 154 valence electrons.